The van der Waals surface area contributed by atoms with E-state index < -0.39 is 70.8 Å². The molecule has 1 aliphatic rings. The first kappa shape index (κ1) is 31.9. The van der Waals surface area contributed by atoms with Crippen LogP contribution in [0, 0.1) is 0 Å². The van der Waals surface area contributed by atoms with Gasteiger partial charge in [-0.3, -0.25) is 19.2 Å². The Balaban J connectivity index is 2.09. The molecule has 0 amide bonds. The lowest BCUT2D eigenvalue weighted by Crippen LogP contribution is -2.31. The first-order chi connectivity index (χ1) is 19.9. The van der Waals surface area contributed by atoms with Crippen molar-refractivity contribution in [3.8, 4) is 11.5 Å². The molecule has 42 heavy (non-hydrogen) atoms. The molecule has 2 atom stereocenters. The molecule has 0 radical (unpaired) electrons. The van der Waals surface area contributed by atoms with Gasteiger partial charge in [0.2, 0.25) is 11.6 Å². The monoisotopic (exact) mass is 580 g/mol. The van der Waals surface area contributed by atoms with Gasteiger partial charge in [-0.15, -0.1) is 0 Å². The molecule has 2 N–H and O–H groups in total. The fourth-order valence-corrected chi connectivity index (χ4v) is 4.74. The molecule has 0 fully saturated rings. The summed E-state index contributed by atoms with van der Waals surface area (Å²) in [6.45, 7) is 7.43. The predicted octanol–water partition coefficient (Wildman–Crippen LogP) is 5.03. The summed E-state index contributed by atoms with van der Waals surface area (Å²) in [4.78, 5) is 52.0. The number of methoxy groups -OCH3 is 2. The highest BCUT2D eigenvalue weighted by molar-refractivity contribution is 6.24. The van der Waals surface area contributed by atoms with Crippen LogP contribution in [-0.4, -0.2) is 60.1 Å². The molecular weight excluding hydrogens is 544 g/mol. The Hall–Kier alpha value is -4.60. The average Bonchev–Trinajstić information content (AvgIpc) is 2.95. The zero-order valence-electron chi connectivity index (χ0n) is 24.5. The lowest BCUT2D eigenvalue weighted by atomic mass is 9.76. The van der Waals surface area contributed by atoms with Crippen molar-refractivity contribution in [3.63, 3.8) is 0 Å². The van der Waals surface area contributed by atoms with E-state index in [2.05, 4.69) is 0 Å². The van der Waals surface area contributed by atoms with E-state index in [1.807, 2.05) is 27.7 Å². The molecule has 0 saturated heterocycles. The maximum atomic E-state index is 13.7. The lowest BCUT2D eigenvalue weighted by Gasteiger charge is -2.27. The number of benzene rings is 2. The van der Waals surface area contributed by atoms with Gasteiger partial charge >= 0.3 is 11.9 Å². The van der Waals surface area contributed by atoms with E-state index in [0.29, 0.717) is 22.6 Å². The van der Waals surface area contributed by atoms with Crippen LogP contribution < -0.4 is 9.47 Å². The van der Waals surface area contributed by atoms with Crippen LogP contribution >= 0.6 is 0 Å². The molecule has 0 aromatic heterocycles. The molecule has 3 rings (SSSR count). The van der Waals surface area contributed by atoms with Crippen LogP contribution in [0.5, 0.6) is 11.5 Å². The number of ketones is 2. The zero-order valence-corrected chi connectivity index (χ0v) is 24.5. The van der Waals surface area contributed by atoms with Crippen molar-refractivity contribution in [1.29, 1.82) is 0 Å². The largest absolute Gasteiger partial charge is 0.504 e. The number of ether oxygens (including phenoxy) is 4. The Morgan fingerprint density at radius 2 is 0.929 bits per heavy atom. The number of aliphatic hydroxyl groups excluding tert-OH is 2. The van der Waals surface area contributed by atoms with Gasteiger partial charge in [-0.2, -0.15) is 0 Å². The SMILES string of the molecule is COC(=O)C[C@@H](C1=C(O)C(=O)C([C@H](CC(=O)OC)c2ccc(OC(C)C)cc2)=C(O)C1=O)c1ccc(OC(C)C)cc1. The molecular formula is C32H36O10. The summed E-state index contributed by atoms with van der Waals surface area (Å²) in [7, 11) is 2.34. The number of rotatable bonds is 12. The minimum Gasteiger partial charge on any atom is -0.504 e. The lowest BCUT2D eigenvalue weighted by molar-refractivity contribution is -0.142. The normalized spacial score (nSPS) is 15.1. The molecule has 10 heteroatoms. The third-order valence-electron chi connectivity index (χ3n) is 6.63. The fourth-order valence-electron chi connectivity index (χ4n) is 4.74. The number of hydrogen-bond donors (Lipinski definition) is 2. The van der Waals surface area contributed by atoms with Crippen molar-refractivity contribution in [3.05, 3.63) is 82.3 Å². The second-order valence-corrected chi connectivity index (χ2v) is 10.3. The average molecular weight is 581 g/mol. The van der Waals surface area contributed by atoms with Crippen LogP contribution in [0.2, 0.25) is 0 Å². The summed E-state index contributed by atoms with van der Waals surface area (Å²) in [5.74, 6) is -6.55. The van der Waals surface area contributed by atoms with E-state index in [4.69, 9.17) is 18.9 Å². The van der Waals surface area contributed by atoms with Crippen molar-refractivity contribution in [2.24, 2.45) is 0 Å². The molecule has 0 spiro atoms. The Kier molecular flexibility index (Phi) is 10.5. The minimum absolute atomic E-state index is 0.0941. The molecule has 0 unspecified atom stereocenters. The van der Waals surface area contributed by atoms with Gasteiger partial charge in [0.15, 0.2) is 11.5 Å². The number of carbonyl (C=O) groups excluding carboxylic acids is 4. The number of Topliss-reactive ketones (excluding diaryl/α,β-unsaturated/α-hetero) is 2. The van der Waals surface area contributed by atoms with Crippen molar-refractivity contribution < 1.29 is 48.3 Å². The number of esters is 2. The van der Waals surface area contributed by atoms with Crippen LogP contribution in [-0.2, 0) is 28.7 Å². The third-order valence-corrected chi connectivity index (χ3v) is 6.63. The summed E-state index contributed by atoms with van der Waals surface area (Å²) < 4.78 is 20.9. The van der Waals surface area contributed by atoms with Crippen LogP contribution in [0.3, 0.4) is 0 Å². The topological polar surface area (TPSA) is 146 Å². The maximum Gasteiger partial charge on any atom is 0.306 e. The van der Waals surface area contributed by atoms with E-state index in [1.54, 1.807) is 48.5 Å². The summed E-state index contributed by atoms with van der Waals surface area (Å²) >= 11 is 0. The molecule has 0 aliphatic heterocycles. The summed E-state index contributed by atoms with van der Waals surface area (Å²) in [5.41, 5.74) is -0.104. The second-order valence-electron chi connectivity index (χ2n) is 10.3. The Morgan fingerprint density at radius 1 is 0.619 bits per heavy atom. The Morgan fingerprint density at radius 3 is 1.19 bits per heavy atom. The van der Waals surface area contributed by atoms with Crippen LogP contribution in [0.1, 0.15) is 63.5 Å². The minimum atomic E-state index is -1.13. The third kappa shape index (κ3) is 7.37. The molecule has 0 bridgehead atoms. The number of carbonyl (C=O) groups is 4. The molecule has 224 valence electrons. The van der Waals surface area contributed by atoms with Crippen LogP contribution in [0.15, 0.2) is 71.2 Å². The first-order valence-corrected chi connectivity index (χ1v) is 13.5. The summed E-state index contributed by atoms with van der Waals surface area (Å²) in [6.07, 6.45) is -0.984. The van der Waals surface area contributed by atoms with Crippen molar-refractivity contribution in [2.75, 3.05) is 14.2 Å². The maximum absolute atomic E-state index is 13.7. The highest BCUT2D eigenvalue weighted by Crippen LogP contribution is 2.41. The van der Waals surface area contributed by atoms with Gasteiger partial charge in [0.25, 0.3) is 0 Å². The van der Waals surface area contributed by atoms with E-state index in [-0.39, 0.29) is 12.2 Å². The van der Waals surface area contributed by atoms with Gasteiger partial charge in [0.05, 0.1) is 50.4 Å². The fraction of sp³-hybridized carbons (Fsp3) is 0.375. The van der Waals surface area contributed by atoms with Crippen molar-refractivity contribution >= 4 is 23.5 Å². The molecule has 2 aromatic carbocycles. The Bertz CT molecular complexity index is 1270. The number of aliphatic hydroxyl groups is 2. The van der Waals surface area contributed by atoms with Crippen LogP contribution in [0.25, 0.3) is 0 Å². The highest BCUT2D eigenvalue weighted by atomic mass is 16.5. The smallest absolute Gasteiger partial charge is 0.306 e. The van der Waals surface area contributed by atoms with Gasteiger partial charge in [-0.05, 0) is 63.1 Å². The molecule has 1 aliphatic carbocycles. The summed E-state index contributed by atoms with van der Waals surface area (Å²) in [6, 6.07) is 12.9. The van der Waals surface area contributed by atoms with Gasteiger partial charge in [-0.25, -0.2) is 0 Å². The second kappa shape index (κ2) is 13.8. The van der Waals surface area contributed by atoms with Gasteiger partial charge in [0, 0.05) is 11.8 Å². The van der Waals surface area contributed by atoms with Crippen LogP contribution in [0.4, 0.5) is 0 Å². The predicted molar refractivity (Wildman–Crippen MR) is 152 cm³/mol. The standard InChI is InChI=1S/C32H36O10/c1-17(2)41-21-11-7-19(8-12-21)23(15-25(33)39-5)27-29(35)31(37)28(32(38)30(27)36)24(16-26(34)40-6)20-9-13-22(14-10-20)42-18(3)4/h7-14,17-18,23-24,35,38H,15-16H2,1-6H3/t23-,24-/m1/s1. The Labute approximate surface area is 244 Å². The first-order valence-electron chi connectivity index (χ1n) is 13.5. The number of allylic oxidation sites excluding steroid dienone is 2. The van der Waals surface area contributed by atoms with Gasteiger partial charge in [-0.1, -0.05) is 24.3 Å². The molecule has 10 nitrogen and oxygen atoms in total. The van der Waals surface area contributed by atoms with E-state index in [9.17, 15) is 29.4 Å². The van der Waals surface area contributed by atoms with E-state index in [0.717, 1.165) is 0 Å². The molecule has 2 aromatic rings. The van der Waals surface area contributed by atoms with Crippen molar-refractivity contribution in [2.45, 2.75) is 64.6 Å². The van der Waals surface area contributed by atoms with Crippen molar-refractivity contribution in [1.82, 2.24) is 0 Å². The van der Waals surface area contributed by atoms with E-state index in [1.165, 1.54) is 14.2 Å². The van der Waals surface area contributed by atoms with E-state index >= 15 is 0 Å². The number of hydrogen-bond acceptors (Lipinski definition) is 10. The van der Waals surface area contributed by atoms with Gasteiger partial charge < -0.3 is 29.2 Å². The quantitative estimate of drug-likeness (QED) is 0.259. The van der Waals surface area contributed by atoms with Gasteiger partial charge in [0.1, 0.15) is 11.5 Å². The highest BCUT2D eigenvalue weighted by Gasteiger charge is 2.43. The molecule has 0 heterocycles. The molecule has 0 saturated carbocycles. The zero-order chi connectivity index (χ0) is 31.1. The summed E-state index contributed by atoms with van der Waals surface area (Å²) in [5, 5.41) is 22.3.